The molecular formula is C20H25Cl2PTi. The van der Waals surface area contributed by atoms with Gasteiger partial charge in [0.15, 0.2) is 0 Å². The monoisotopic (exact) mass is 414 g/mol. The Bertz CT molecular complexity index is 555. The summed E-state index contributed by atoms with van der Waals surface area (Å²) >= 11 is 0. The molecule has 0 aliphatic heterocycles. The minimum atomic E-state index is 0. The fraction of sp³-hybridized carbons (Fsp3) is 0.350. The van der Waals surface area contributed by atoms with Crippen molar-refractivity contribution in [1.82, 2.24) is 0 Å². The van der Waals surface area contributed by atoms with E-state index in [0.29, 0.717) is 0 Å². The molecular weight excluding hydrogens is 390 g/mol. The van der Waals surface area contributed by atoms with Gasteiger partial charge < -0.3 is 24.8 Å². The van der Waals surface area contributed by atoms with Gasteiger partial charge in [-0.15, -0.1) is 46.8 Å². The van der Waals surface area contributed by atoms with Crippen LogP contribution in [0.25, 0.3) is 10.8 Å². The normalized spacial score (nSPS) is 11.3. The van der Waals surface area contributed by atoms with Gasteiger partial charge in [0, 0.05) is 0 Å². The van der Waals surface area contributed by atoms with E-state index < -0.39 is 0 Å². The Hall–Kier alpha value is 0.0343. The quantitative estimate of drug-likeness (QED) is 0.361. The first-order valence-corrected chi connectivity index (χ1v) is 9.68. The van der Waals surface area contributed by atoms with Crippen molar-refractivity contribution in [2.45, 2.75) is 33.1 Å². The summed E-state index contributed by atoms with van der Waals surface area (Å²) in [4.78, 5) is 0. The Morgan fingerprint density at radius 2 is 1.75 bits per heavy atom. The van der Waals surface area contributed by atoms with Gasteiger partial charge >= 0.3 is 21.7 Å². The molecule has 1 aliphatic rings. The Labute approximate surface area is 176 Å². The van der Waals surface area contributed by atoms with Crippen LogP contribution >= 0.6 is 7.92 Å². The van der Waals surface area contributed by atoms with Gasteiger partial charge in [0.25, 0.3) is 0 Å². The van der Waals surface area contributed by atoms with Gasteiger partial charge in [0.1, 0.15) is 0 Å². The van der Waals surface area contributed by atoms with Crippen LogP contribution in [0.5, 0.6) is 0 Å². The predicted octanol–water partition coefficient (Wildman–Crippen LogP) is -0.203. The summed E-state index contributed by atoms with van der Waals surface area (Å²) in [6.07, 6.45) is 15.4. The van der Waals surface area contributed by atoms with E-state index in [1.807, 2.05) is 12.2 Å². The SMILES string of the molecule is CCCP(CCC)c1cc2ccccc2[cH-]1.[C-]1=CC=CC1.[Cl-].[Cl-].[Ti+4]. The maximum absolute atomic E-state index is 2.99. The van der Waals surface area contributed by atoms with Gasteiger partial charge in [-0.3, -0.25) is 6.08 Å². The molecule has 0 fully saturated rings. The van der Waals surface area contributed by atoms with E-state index >= 15 is 0 Å². The Kier molecular flexibility index (Phi) is 16.7. The second kappa shape index (κ2) is 15.3. The van der Waals surface area contributed by atoms with Crippen molar-refractivity contribution in [3.8, 4) is 0 Å². The zero-order chi connectivity index (χ0) is 14.9. The molecule has 1 aliphatic carbocycles. The minimum Gasteiger partial charge on any atom is -1.00 e. The third-order valence-corrected chi connectivity index (χ3v) is 6.50. The first-order chi connectivity index (χ1) is 10.3. The van der Waals surface area contributed by atoms with E-state index in [4.69, 9.17) is 0 Å². The van der Waals surface area contributed by atoms with Gasteiger partial charge in [-0.2, -0.15) is 12.1 Å². The molecule has 0 N–H and O–H groups in total. The third-order valence-electron chi connectivity index (χ3n) is 3.54. The summed E-state index contributed by atoms with van der Waals surface area (Å²) in [7, 11) is 0.0972. The van der Waals surface area contributed by atoms with E-state index in [1.165, 1.54) is 35.9 Å². The molecule has 0 saturated heterocycles. The molecule has 0 aromatic heterocycles. The predicted molar refractivity (Wildman–Crippen MR) is 98.0 cm³/mol. The molecule has 24 heavy (non-hydrogen) atoms. The van der Waals surface area contributed by atoms with E-state index in [0.717, 1.165) is 6.42 Å². The molecule has 0 heterocycles. The summed E-state index contributed by atoms with van der Waals surface area (Å²) in [5, 5.41) is 4.44. The molecule has 4 heteroatoms. The zero-order valence-corrected chi connectivity index (χ0v) is 18.4. The average molecular weight is 415 g/mol. The van der Waals surface area contributed by atoms with E-state index in [1.54, 1.807) is 5.30 Å². The number of halogens is 2. The Morgan fingerprint density at radius 1 is 1.08 bits per heavy atom. The van der Waals surface area contributed by atoms with Crippen molar-refractivity contribution in [2.75, 3.05) is 12.3 Å². The maximum atomic E-state index is 2.99. The van der Waals surface area contributed by atoms with E-state index in [9.17, 15) is 0 Å². The number of allylic oxidation sites excluding steroid dienone is 4. The van der Waals surface area contributed by atoms with Crippen molar-refractivity contribution in [1.29, 1.82) is 0 Å². The number of hydrogen-bond acceptors (Lipinski definition) is 0. The maximum Gasteiger partial charge on any atom is 4.00 e. The Balaban J connectivity index is 0. The number of benzene rings is 1. The van der Waals surface area contributed by atoms with Gasteiger partial charge in [0.05, 0.1) is 0 Å². The minimum absolute atomic E-state index is 0. The fourth-order valence-corrected chi connectivity index (χ4v) is 5.03. The van der Waals surface area contributed by atoms with Crippen LogP contribution in [0.1, 0.15) is 33.1 Å². The van der Waals surface area contributed by atoms with Gasteiger partial charge in [-0.1, -0.05) is 40.7 Å². The van der Waals surface area contributed by atoms with Crippen LogP contribution in [0.15, 0.2) is 54.6 Å². The summed E-state index contributed by atoms with van der Waals surface area (Å²) in [6.45, 7) is 4.60. The smallest absolute Gasteiger partial charge is 1.00 e. The van der Waals surface area contributed by atoms with Crippen molar-refractivity contribution < 1.29 is 46.5 Å². The summed E-state index contributed by atoms with van der Waals surface area (Å²) in [5.41, 5.74) is 0. The molecule has 2 aromatic rings. The van der Waals surface area contributed by atoms with Crippen LogP contribution in [-0.4, -0.2) is 12.3 Å². The molecule has 0 spiro atoms. The van der Waals surface area contributed by atoms with Crippen molar-refractivity contribution in [2.24, 2.45) is 0 Å². The number of rotatable bonds is 5. The number of fused-ring (bicyclic) bond motifs is 1. The van der Waals surface area contributed by atoms with Crippen LogP contribution < -0.4 is 30.1 Å². The summed E-state index contributed by atoms with van der Waals surface area (Å²) in [6, 6.07) is 13.5. The second-order valence-corrected chi connectivity index (χ2v) is 7.82. The van der Waals surface area contributed by atoms with Crippen LogP contribution in [0.2, 0.25) is 0 Å². The molecule has 2 aromatic carbocycles. The first-order valence-electron chi connectivity index (χ1n) is 7.97. The van der Waals surface area contributed by atoms with Gasteiger partial charge in [-0.25, -0.2) is 12.2 Å². The first kappa shape index (κ1) is 26.3. The molecule has 3 rings (SSSR count). The van der Waals surface area contributed by atoms with E-state index in [2.05, 4.69) is 62.4 Å². The van der Waals surface area contributed by atoms with Crippen LogP contribution in [0.4, 0.5) is 0 Å². The molecule has 0 radical (unpaired) electrons. The van der Waals surface area contributed by atoms with Crippen molar-refractivity contribution in [3.05, 3.63) is 60.7 Å². The Morgan fingerprint density at radius 3 is 2.21 bits per heavy atom. The molecule has 0 amide bonds. The largest absolute Gasteiger partial charge is 4.00 e. The van der Waals surface area contributed by atoms with E-state index in [-0.39, 0.29) is 54.5 Å². The van der Waals surface area contributed by atoms with Crippen LogP contribution in [0.3, 0.4) is 0 Å². The molecule has 0 saturated carbocycles. The molecule has 128 valence electrons. The standard InChI is InChI=1S/C15H20P.C5H5.2ClH.Ti/c1-3-9-16(10-4-2)15-11-13-7-5-6-8-14(13)12-15;1-2-4-5-3-1;;;/h5-8,11-12H,3-4,9-10H2,1-2H3;1-3H,4H2;2*1H;/q2*-1;;;+4/p-2. The fourth-order valence-electron chi connectivity index (χ4n) is 2.57. The summed E-state index contributed by atoms with van der Waals surface area (Å²) < 4.78 is 0. The average Bonchev–Trinajstić information content (AvgIpc) is 3.19. The van der Waals surface area contributed by atoms with Gasteiger partial charge in [-0.05, 0) is 12.3 Å². The van der Waals surface area contributed by atoms with Gasteiger partial charge in [0.2, 0.25) is 0 Å². The molecule has 0 atom stereocenters. The summed E-state index contributed by atoms with van der Waals surface area (Å²) in [5.74, 6) is 0. The number of hydrogen-bond donors (Lipinski definition) is 0. The van der Waals surface area contributed by atoms with Crippen LogP contribution in [-0.2, 0) is 21.7 Å². The second-order valence-electron chi connectivity index (χ2n) is 5.33. The van der Waals surface area contributed by atoms with Crippen molar-refractivity contribution >= 4 is 24.0 Å². The molecule has 0 unspecified atom stereocenters. The van der Waals surface area contributed by atoms with Crippen molar-refractivity contribution in [3.63, 3.8) is 0 Å². The molecule has 0 nitrogen and oxygen atoms in total. The topological polar surface area (TPSA) is 0 Å². The molecule has 0 bridgehead atoms. The zero-order valence-electron chi connectivity index (χ0n) is 14.4. The third kappa shape index (κ3) is 8.42. The van der Waals surface area contributed by atoms with Crippen LogP contribution in [0, 0.1) is 6.08 Å².